The minimum atomic E-state index is -3.65. The topological polar surface area (TPSA) is 55.4 Å². The van der Waals surface area contributed by atoms with Crippen molar-refractivity contribution in [2.75, 3.05) is 11.8 Å². The molecule has 25 heavy (non-hydrogen) atoms. The van der Waals surface area contributed by atoms with Gasteiger partial charge in [-0.1, -0.05) is 6.07 Å². The third-order valence-electron chi connectivity index (χ3n) is 3.87. The number of methoxy groups -OCH3 is 1. The van der Waals surface area contributed by atoms with Crippen LogP contribution in [0, 0.1) is 13.8 Å². The van der Waals surface area contributed by atoms with E-state index in [0.717, 1.165) is 16.7 Å². The van der Waals surface area contributed by atoms with Gasteiger partial charge in [0, 0.05) is 10.6 Å². The van der Waals surface area contributed by atoms with E-state index in [4.69, 9.17) is 4.74 Å². The molecule has 130 valence electrons. The van der Waals surface area contributed by atoms with Crippen LogP contribution in [0.4, 0.5) is 5.69 Å². The highest BCUT2D eigenvalue weighted by Crippen LogP contribution is 2.31. The van der Waals surface area contributed by atoms with E-state index >= 15 is 0 Å². The van der Waals surface area contributed by atoms with Gasteiger partial charge < -0.3 is 4.74 Å². The summed E-state index contributed by atoms with van der Waals surface area (Å²) in [6.07, 6.45) is 0. The van der Waals surface area contributed by atoms with Crippen molar-refractivity contribution in [1.82, 2.24) is 0 Å². The predicted molar refractivity (Wildman–Crippen MR) is 103 cm³/mol. The molecule has 0 aliphatic heterocycles. The maximum Gasteiger partial charge on any atom is 0.261 e. The molecule has 0 aliphatic carbocycles. The maximum atomic E-state index is 12.6. The largest absolute Gasteiger partial charge is 0.497 e. The van der Waals surface area contributed by atoms with E-state index in [-0.39, 0.29) is 4.90 Å². The number of anilines is 1. The molecule has 0 aliphatic rings. The Hall–Kier alpha value is -2.31. The lowest BCUT2D eigenvalue weighted by Crippen LogP contribution is -2.13. The molecule has 0 fully saturated rings. The van der Waals surface area contributed by atoms with Crippen molar-refractivity contribution in [3.05, 3.63) is 64.4 Å². The number of aryl methyl sites for hydroxylation is 2. The molecule has 0 atom stereocenters. The first-order valence-electron chi connectivity index (χ1n) is 7.72. The number of ether oxygens (including phenoxy) is 1. The molecule has 0 bridgehead atoms. The van der Waals surface area contributed by atoms with Crippen LogP contribution in [-0.2, 0) is 10.0 Å². The van der Waals surface area contributed by atoms with E-state index in [2.05, 4.69) is 23.8 Å². The van der Waals surface area contributed by atoms with Gasteiger partial charge in [0.2, 0.25) is 0 Å². The van der Waals surface area contributed by atoms with Gasteiger partial charge in [-0.15, -0.1) is 11.3 Å². The number of nitrogens with one attached hydrogen (secondary N) is 1. The van der Waals surface area contributed by atoms with Crippen molar-refractivity contribution < 1.29 is 13.2 Å². The van der Waals surface area contributed by atoms with Crippen LogP contribution in [0.1, 0.15) is 10.4 Å². The van der Waals surface area contributed by atoms with Crippen LogP contribution in [0.5, 0.6) is 5.75 Å². The second-order valence-corrected chi connectivity index (χ2v) is 8.56. The predicted octanol–water partition coefficient (Wildman–Crippen LogP) is 4.84. The Balaban J connectivity index is 1.94. The lowest BCUT2D eigenvalue weighted by atomic mass is 10.0. The Morgan fingerprint density at radius 3 is 2.32 bits per heavy atom. The van der Waals surface area contributed by atoms with Gasteiger partial charge in [-0.25, -0.2) is 8.42 Å². The lowest BCUT2D eigenvalue weighted by Gasteiger charge is -2.11. The van der Waals surface area contributed by atoms with Crippen molar-refractivity contribution in [3.8, 4) is 16.9 Å². The highest BCUT2D eigenvalue weighted by atomic mass is 32.2. The van der Waals surface area contributed by atoms with Gasteiger partial charge in [-0.2, -0.15) is 0 Å². The number of benzene rings is 2. The van der Waals surface area contributed by atoms with Gasteiger partial charge in [-0.3, -0.25) is 4.72 Å². The molecule has 0 radical (unpaired) electrons. The summed E-state index contributed by atoms with van der Waals surface area (Å²) in [7, 11) is -2.11. The zero-order chi connectivity index (χ0) is 18.0. The quantitative estimate of drug-likeness (QED) is 0.696. The first kappa shape index (κ1) is 17.5. The molecule has 4 nitrogen and oxygen atoms in total. The number of hydrogen-bond acceptors (Lipinski definition) is 4. The minimum absolute atomic E-state index is 0.197. The van der Waals surface area contributed by atoms with Crippen LogP contribution in [0.15, 0.2) is 58.8 Å². The highest BCUT2D eigenvalue weighted by Gasteiger charge is 2.15. The molecule has 3 aromatic rings. The van der Waals surface area contributed by atoms with Crippen LogP contribution in [0.2, 0.25) is 0 Å². The van der Waals surface area contributed by atoms with Crippen LogP contribution < -0.4 is 9.46 Å². The SMILES string of the molecule is COc1ccc(S(=O)(=O)Nc2cc(C)cc(-c3ccsc3C)c2)cc1. The van der Waals surface area contributed by atoms with E-state index in [1.807, 2.05) is 24.4 Å². The summed E-state index contributed by atoms with van der Waals surface area (Å²) in [6, 6.07) is 14.1. The maximum absolute atomic E-state index is 12.6. The summed E-state index contributed by atoms with van der Waals surface area (Å²) in [6.45, 7) is 4.01. The van der Waals surface area contributed by atoms with Gasteiger partial charge in [-0.05, 0) is 78.4 Å². The van der Waals surface area contributed by atoms with E-state index < -0.39 is 10.0 Å². The number of sulfonamides is 1. The Bertz CT molecular complexity index is 990. The van der Waals surface area contributed by atoms with Gasteiger partial charge in [0.05, 0.1) is 12.0 Å². The molecular weight excluding hydrogens is 354 g/mol. The lowest BCUT2D eigenvalue weighted by molar-refractivity contribution is 0.414. The molecular formula is C19H19NO3S2. The summed E-state index contributed by atoms with van der Waals surface area (Å²) in [4.78, 5) is 1.40. The highest BCUT2D eigenvalue weighted by molar-refractivity contribution is 7.92. The van der Waals surface area contributed by atoms with Gasteiger partial charge in [0.15, 0.2) is 0 Å². The average molecular weight is 373 g/mol. The fourth-order valence-electron chi connectivity index (χ4n) is 2.65. The van der Waals surface area contributed by atoms with Gasteiger partial charge >= 0.3 is 0 Å². The summed E-state index contributed by atoms with van der Waals surface area (Å²) < 4.78 is 33.0. The fraction of sp³-hybridized carbons (Fsp3) is 0.158. The third kappa shape index (κ3) is 3.86. The molecule has 2 aromatic carbocycles. The number of rotatable bonds is 5. The van der Waals surface area contributed by atoms with Crippen LogP contribution in [0.25, 0.3) is 11.1 Å². The minimum Gasteiger partial charge on any atom is -0.497 e. The standard InChI is InChI=1S/C19H19NO3S2/c1-13-10-15(19-8-9-24-14(19)2)12-16(11-13)20-25(21,22)18-6-4-17(23-3)5-7-18/h4-12,20H,1-3H3. The number of hydrogen-bond donors (Lipinski definition) is 1. The molecule has 0 saturated heterocycles. The Morgan fingerprint density at radius 1 is 1.00 bits per heavy atom. The molecule has 6 heteroatoms. The molecule has 1 aromatic heterocycles. The zero-order valence-corrected chi connectivity index (χ0v) is 15.9. The molecule has 0 amide bonds. The van der Waals surface area contributed by atoms with E-state index in [1.54, 1.807) is 30.6 Å². The Labute approximate surface area is 152 Å². The van der Waals surface area contributed by atoms with E-state index in [0.29, 0.717) is 11.4 Å². The first-order chi connectivity index (χ1) is 11.9. The second kappa shape index (κ2) is 6.90. The smallest absolute Gasteiger partial charge is 0.261 e. The first-order valence-corrected chi connectivity index (χ1v) is 10.1. The summed E-state index contributed by atoms with van der Waals surface area (Å²) in [5.41, 5.74) is 3.68. The average Bonchev–Trinajstić information content (AvgIpc) is 3.00. The van der Waals surface area contributed by atoms with Gasteiger partial charge in [0.1, 0.15) is 5.75 Å². The van der Waals surface area contributed by atoms with Crippen LogP contribution >= 0.6 is 11.3 Å². The molecule has 0 spiro atoms. The van der Waals surface area contributed by atoms with Crippen LogP contribution in [-0.4, -0.2) is 15.5 Å². The van der Waals surface area contributed by atoms with Crippen molar-refractivity contribution in [2.45, 2.75) is 18.7 Å². The molecule has 0 unspecified atom stereocenters. The van der Waals surface area contributed by atoms with Gasteiger partial charge in [0.25, 0.3) is 10.0 Å². The summed E-state index contributed by atoms with van der Waals surface area (Å²) in [5.74, 6) is 0.615. The van der Waals surface area contributed by atoms with Crippen molar-refractivity contribution in [1.29, 1.82) is 0 Å². The molecule has 3 rings (SSSR count). The summed E-state index contributed by atoms with van der Waals surface area (Å²) in [5, 5.41) is 2.04. The van der Waals surface area contributed by atoms with Crippen molar-refractivity contribution in [3.63, 3.8) is 0 Å². The van der Waals surface area contributed by atoms with E-state index in [9.17, 15) is 8.42 Å². The van der Waals surface area contributed by atoms with Crippen molar-refractivity contribution >= 4 is 27.0 Å². The Kier molecular flexibility index (Phi) is 4.83. The zero-order valence-electron chi connectivity index (χ0n) is 14.2. The fourth-order valence-corrected chi connectivity index (χ4v) is 4.41. The molecule has 0 saturated carbocycles. The Morgan fingerprint density at radius 2 is 1.72 bits per heavy atom. The number of thiophene rings is 1. The van der Waals surface area contributed by atoms with E-state index in [1.165, 1.54) is 17.0 Å². The van der Waals surface area contributed by atoms with Crippen molar-refractivity contribution in [2.24, 2.45) is 0 Å². The van der Waals surface area contributed by atoms with Crippen LogP contribution in [0.3, 0.4) is 0 Å². The molecule has 1 heterocycles. The third-order valence-corrected chi connectivity index (χ3v) is 6.11. The monoisotopic (exact) mass is 373 g/mol. The normalized spacial score (nSPS) is 11.3. The second-order valence-electron chi connectivity index (χ2n) is 5.76. The molecule has 1 N–H and O–H groups in total. The summed E-state index contributed by atoms with van der Waals surface area (Å²) >= 11 is 1.67.